The number of likely N-dealkylation sites (tertiary alicyclic amines) is 2. The number of carbonyl (C=O) groups excluding carboxylic acids is 1. The fraction of sp³-hybridized carbons (Fsp3) is 0.581. The Morgan fingerprint density at radius 1 is 0.895 bits per heavy atom. The van der Waals surface area contributed by atoms with Crippen LogP contribution in [-0.4, -0.2) is 54.6 Å². The summed E-state index contributed by atoms with van der Waals surface area (Å²) in [6, 6.07) is 12.7. The average molecular weight is 531 g/mol. The van der Waals surface area contributed by atoms with Crippen molar-refractivity contribution in [2.45, 2.75) is 70.4 Å². The molecular weight excluding hydrogens is 492 g/mol. The summed E-state index contributed by atoms with van der Waals surface area (Å²) < 4.78 is 55.5. The Balaban J connectivity index is 1.11. The van der Waals surface area contributed by atoms with Gasteiger partial charge in [-0.3, -0.25) is 4.79 Å². The number of carbonyl (C=O) groups is 1. The SMILES string of the molecule is O=C(c1ccc(-c2ccc(CCC3CCN(CC4(C(F)(F)F)CCC4)CC3)cc2)c(F)c1)N1CCCCC1. The van der Waals surface area contributed by atoms with Gasteiger partial charge in [0.15, 0.2) is 0 Å². The minimum atomic E-state index is -4.09. The number of nitrogens with zero attached hydrogens (tertiary/aromatic N) is 2. The van der Waals surface area contributed by atoms with Crippen molar-refractivity contribution in [3.8, 4) is 11.1 Å². The molecule has 1 aliphatic carbocycles. The number of halogens is 4. The second-order valence-electron chi connectivity index (χ2n) is 11.6. The predicted octanol–water partition coefficient (Wildman–Crippen LogP) is 7.50. The molecule has 1 saturated carbocycles. The van der Waals surface area contributed by atoms with Gasteiger partial charge < -0.3 is 9.80 Å². The van der Waals surface area contributed by atoms with Gasteiger partial charge in [-0.05, 0) is 100 Å². The zero-order valence-corrected chi connectivity index (χ0v) is 22.0. The molecule has 2 aliphatic heterocycles. The molecule has 5 rings (SSSR count). The van der Waals surface area contributed by atoms with Crippen molar-refractivity contribution in [1.82, 2.24) is 9.80 Å². The maximum atomic E-state index is 14.9. The summed E-state index contributed by atoms with van der Waals surface area (Å²) in [5, 5.41) is 0. The first-order valence-corrected chi connectivity index (χ1v) is 14.2. The smallest absolute Gasteiger partial charge is 0.339 e. The Bertz CT molecular complexity index is 1100. The number of rotatable bonds is 7. The van der Waals surface area contributed by atoms with Gasteiger partial charge in [-0.25, -0.2) is 4.39 Å². The first-order chi connectivity index (χ1) is 18.2. The number of amides is 1. The van der Waals surface area contributed by atoms with Crippen LogP contribution in [0.2, 0.25) is 0 Å². The summed E-state index contributed by atoms with van der Waals surface area (Å²) in [7, 11) is 0. The molecule has 0 aromatic heterocycles. The maximum Gasteiger partial charge on any atom is 0.395 e. The summed E-state index contributed by atoms with van der Waals surface area (Å²) in [4.78, 5) is 16.5. The van der Waals surface area contributed by atoms with Crippen molar-refractivity contribution in [3.05, 3.63) is 59.4 Å². The molecule has 0 bridgehead atoms. The second kappa shape index (κ2) is 11.4. The molecule has 7 heteroatoms. The van der Waals surface area contributed by atoms with Gasteiger partial charge in [-0.15, -0.1) is 0 Å². The van der Waals surface area contributed by atoms with Gasteiger partial charge in [-0.1, -0.05) is 36.8 Å². The van der Waals surface area contributed by atoms with Crippen molar-refractivity contribution in [2.24, 2.45) is 11.3 Å². The van der Waals surface area contributed by atoms with Crippen LogP contribution in [0, 0.1) is 17.2 Å². The van der Waals surface area contributed by atoms with Crippen LogP contribution in [0.15, 0.2) is 42.5 Å². The third kappa shape index (κ3) is 5.93. The second-order valence-corrected chi connectivity index (χ2v) is 11.6. The Morgan fingerprint density at radius 3 is 2.16 bits per heavy atom. The molecule has 0 unspecified atom stereocenters. The first kappa shape index (κ1) is 27.2. The van der Waals surface area contributed by atoms with E-state index in [-0.39, 0.29) is 31.1 Å². The third-order valence-corrected chi connectivity index (χ3v) is 9.11. The Kier molecular flexibility index (Phi) is 8.13. The van der Waals surface area contributed by atoms with Crippen LogP contribution in [0.4, 0.5) is 17.6 Å². The van der Waals surface area contributed by atoms with E-state index < -0.39 is 11.6 Å². The molecule has 0 atom stereocenters. The van der Waals surface area contributed by atoms with Crippen LogP contribution in [0.3, 0.4) is 0 Å². The number of benzene rings is 2. The van der Waals surface area contributed by atoms with Gasteiger partial charge in [0.1, 0.15) is 5.82 Å². The molecule has 2 aromatic carbocycles. The summed E-state index contributed by atoms with van der Waals surface area (Å²) in [6.45, 7) is 3.13. The van der Waals surface area contributed by atoms with Gasteiger partial charge in [-0.2, -0.15) is 13.2 Å². The van der Waals surface area contributed by atoms with Crippen molar-refractivity contribution in [3.63, 3.8) is 0 Å². The van der Waals surface area contributed by atoms with Gasteiger partial charge in [0.05, 0.1) is 5.41 Å². The quantitative estimate of drug-likeness (QED) is 0.346. The Labute approximate surface area is 223 Å². The third-order valence-electron chi connectivity index (χ3n) is 9.11. The largest absolute Gasteiger partial charge is 0.395 e. The van der Waals surface area contributed by atoms with E-state index in [1.165, 1.54) is 11.6 Å². The number of aryl methyl sites for hydroxylation is 1. The van der Waals surface area contributed by atoms with Crippen LogP contribution in [0.25, 0.3) is 11.1 Å². The molecule has 3 fully saturated rings. The average Bonchev–Trinajstić information content (AvgIpc) is 2.90. The van der Waals surface area contributed by atoms with Crippen LogP contribution < -0.4 is 0 Å². The minimum absolute atomic E-state index is 0.0979. The zero-order valence-electron chi connectivity index (χ0n) is 22.0. The highest BCUT2D eigenvalue weighted by Crippen LogP contribution is 2.53. The molecule has 3 aliphatic rings. The molecule has 0 radical (unpaired) electrons. The van der Waals surface area contributed by atoms with Crippen LogP contribution in [-0.2, 0) is 6.42 Å². The van der Waals surface area contributed by atoms with Crippen LogP contribution >= 0.6 is 0 Å². The lowest BCUT2D eigenvalue weighted by atomic mass is 9.67. The monoisotopic (exact) mass is 530 g/mol. The molecule has 0 spiro atoms. The lowest BCUT2D eigenvalue weighted by Crippen LogP contribution is -2.53. The lowest BCUT2D eigenvalue weighted by Gasteiger charge is -2.47. The van der Waals surface area contributed by atoms with Crippen molar-refractivity contribution < 1.29 is 22.4 Å². The summed E-state index contributed by atoms with van der Waals surface area (Å²) >= 11 is 0. The van der Waals surface area contributed by atoms with E-state index in [9.17, 15) is 22.4 Å². The van der Waals surface area contributed by atoms with E-state index in [1.807, 2.05) is 34.1 Å². The topological polar surface area (TPSA) is 23.6 Å². The molecule has 38 heavy (non-hydrogen) atoms. The highest BCUT2D eigenvalue weighted by atomic mass is 19.4. The molecule has 2 saturated heterocycles. The molecule has 2 heterocycles. The molecule has 3 nitrogen and oxygen atoms in total. The van der Waals surface area contributed by atoms with Gasteiger partial charge in [0, 0.05) is 30.8 Å². The van der Waals surface area contributed by atoms with E-state index >= 15 is 0 Å². The highest BCUT2D eigenvalue weighted by molar-refractivity contribution is 5.94. The van der Waals surface area contributed by atoms with Gasteiger partial charge in [0.25, 0.3) is 5.91 Å². The minimum Gasteiger partial charge on any atom is -0.339 e. The van der Waals surface area contributed by atoms with Crippen LogP contribution in [0.1, 0.15) is 73.7 Å². The van der Waals surface area contributed by atoms with Crippen molar-refractivity contribution in [1.29, 1.82) is 0 Å². The Hall–Kier alpha value is -2.41. The molecular formula is C31H38F4N2O. The first-order valence-electron chi connectivity index (χ1n) is 14.2. The molecule has 206 valence electrons. The zero-order chi connectivity index (χ0) is 26.8. The summed E-state index contributed by atoms with van der Waals surface area (Å²) in [5.74, 6) is 0.0392. The molecule has 1 amide bonds. The molecule has 2 aromatic rings. The van der Waals surface area contributed by atoms with Crippen molar-refractivity contribution in [2.75, 3.05) is 32.7 Å². The van der Waals surface area contributed by atoms with Gasteiger partial charge >= 0.3 is 6.18 Å². The Morgan fingerprint density at radius 2 is 1.58 bits per heavy atom. The van der Waals surface area contributed by atoms with Gasteiger partial charge in [0.2, 0.25) is 0 Å². The van der Waals surface area contributed by atoms with E-state index in [1.54, 1.807) is 12.1 Å². The van der Waals surface area contributed by atoms with E-state index in [4.69, 9.17) is 0 Å². The number of alkyl halides is 3. The van der Waals surface area contributed by atoms with E-state index in [2.05, 4.69) is 0 Å². The summed E-state index contributed by atoms with van der Waals surface area (Å²) in [6.07, 6.45) is 4.09. The highest BCUT2D eigenvalue weighted by Gasteiger charge is 2.58. The van der Waals surface area contributed by atoms with Crippen LogP contribution in [0.5, 0.6) is 0 Å². The number of hydrogen-bond acceptors (Lipinski definition) is 2. The lowest BCUT2D eigenvalue weighted by molar-refractivity contribution is -0.256. The number of piperidine rings is 2. The fourth-order valence-electron chi connectivity index (χ4n) is 6.38. The molecule has 0 N–H and O–H groups in total. The fourth-order valence-corrected chi connectivity index (χ4v) is 6.38. The van der Waals surface area contributed by atoms with Crippen molar-refractivity contribution >= 4 is 5.91 Å². The van der Waals surface area contributed by atoms with E-state index in [0.29, 0.717) is 23.5 Å². The predicted molar refractivity (Wildman–Crippen MR) is 141 cm³/mol. The summed E-state index contributed by atoms with van der Waals surface area (Å²) in [5.41, 5.74) is 1.38. The maximum absolute atomic E-state index is 14.9. The normalized spacial score (nSPS) is 20.8. The van der Waals surface area contributed by atoms with E-state index in [0.717, 1.165) is 76.7 Å². The standard InChI is InChI=1S/C31H38F4N2O/c32-28-21-26(29(38)37-17-2-1-3-18-37)11-12-27(28)25-9-7-23(8-10-25)5-6-24-13-19-36(20-14-24)22-30(15-4-16-30)31(33,34)35/h7-12,21,24H,1-6,13-20,22H2. The number of hydrogen-bond donors (Lipinski definition) is 0.